The molecule has 2 aliphatic heterocycles. The Morgan fingerprint density at radius 2 is 1.43 bits per heavy atom. The summed E-state index contributed by atoms with van der Waals surface area (Å²) in [5.74, 6) is 5.15. The Hall–Kier alpha value is -1.26. The summed E-state index contributed by atoms with van der Waals surface area (Å²) < 4.78 is 5.22. The molecule has 2 bridgehead atoms. The van der Waals surface area contributed by atoms with Crippen LogP contribution in [-0.4, -0.2) is 13.9 Å². The maximum Gasteiger partial charge on any atom is 0.347 e. The van der Waals surface area contributed by atoms with Gasteiger partial charge < -0.3 is 0 Å². The molecule has 0 amide bonds. The van der Waals surface area contributed by atoms with E-state index < -0.39 is 0 Å². The van der Waals surface area contributed by atoms with Gasteiger partial charge in [0.05, 0.1) is 12.1 Å². The first-order chi connectivity index (χ1) is 10.1. The molecule has 6 fully saturated rings. The van der Waals surface area contributed by atoms with Crippen molar-refractivity contribution in [2.24, 2.45) is 53.4 Å². The first-order valence-corrected chi connectivity index (χ1v) is 8.54. The van der Waals surface area contributed by atoms with Gasteiger partial charge in [-0.2, -0.15) is 0 Å². The van der Waals surface area contributed by atoms with Gasteiger partial charge in [0.15, 0.2) is 0 Å². The van der Waals surface area contributed by atoms with E-state index in [1.165, 1.54) is 23.8 Å². The highest BCUT2D eigenvalue weighted by Crippen LogP contribution is 3.06. The quantitative estimate of drug-likeness (QED) is 0.690. The van der Waals surface area contributed by atoms with Crippen molar-refractivity contribution in [1.82, 2.24) is 13.9 Å². The van der Waals surface area contributed by atoms with Crippen LogP contribution in [0.1, 0.15) is 31.3 Å². The molecule has 21 heavy (non-hydrogen) atoms. The summed E-state index contributed by atoms with van der Waals surface area (Å²) in [6.07, 6.45) is 4.18. The maximum absolute atomic E-state index is 12.6. The summed E-state index contributed by atoms with van der Waals surface area (Å²) in [5, 5.41) is 0. The number of aromatic nitrogens is 3. The minimum absolute atomic E-state index is 0.0486. The molecule has 2 unspecified atom stereocenters. The second-order valence-electron chi connectivity index (χ2n) is 9.16. The van der Waals surface area contributed by atoms with Crippen molar-refractivity contribution >= 4 is 0 Å². The van der Waals surface area contributed by atoms with Crippen LogP contribution in [0.5, 0.6) is 0 Å². The van der Waals surface area contributed by atoms with Gasteiger partial charge in [0.2, 0.25) is 0 Å². The standard InChI is InChI=1S/C16H17N3O2/c1-17-13(20)18-11-8-7-9(8)12(19(18)14(17)21)16-4-6-2-5(6)3-15(11,16)10(7)16/h5-12H,2-4H2,1H3/t5-,6+,7?,8-,9-,10?,11-,12-,15+,16-/m0/s1. The Morgan fingerprint density at radius 1 is 0.905 bits per heavy atom. The number of nitrogens with zero attached hydrogens (tertiary/aromatic N) is 3. The third-order valence-corrected chi connectivity index (χ3v) is 9.25. The van der Waals surface area contributed by atoms with Crippen molar-refractivity contribution in [3.63, 3.8) is 0 Å². The molecule has 6 aliphatic carbocycles. The van der Waals surface area contributed by atoms with Gasteiger partial charge in [-0.25, -0.2) is 23.5 Å². The minimum Gasteiger partial charge on any atom is -0.246 e. The number of rotatable bonds is 0. The van der Waals surface area contributed by atoms with E-state index in [1.54, 1.807) is 7.05 Å². The summed E-state index contributed by atoms with van der Waals surface area (Å²) >= 11 is 0. The van der Waals surface area contributed by atoms with Gasteiger partial charge in [-0.05, 0) is 54.8 Å². The predicted octanol–water partition coefficient (Wildman–Crippen LogP) is 0.366. The highest BCUT2D eigenvalue weighted by Gasteiger charge is 3.04. The smallest absolute Gasteiger partial charge is 0.246 e. The van der Waals surface area contributed by atoms with E-state index in [4.69, 9.17) is 0 Å². The lowest BCUT2D eigenvalue weighted by Gasteiger charge is -2.50. The average molecular weight is 283 g/mol. The lowest BCUT2D eigenvalue weighted by molar-refractivity contribution is -0.0268. The highest BCUT2D eigenvalue weighted by molar-refractivity contribution is 5.50. The second-order valence-corrected chi connectivity index (χ2v) is 9.16. The van der Waals surface area contributed by atoms with E-state index in [9.17, 15) is 9.59 Å². The van der Waals surface area contributed by atoms with Crippen molar-refractivity contribution in [2.75, 3.05) is 0 Å². The normalized spacial score (nSPS) is 67.5. The zero-order valence-electron chi connectivity index (χ0n) is 11.9. The zero-order chi connectivity index (χ0) is 13.6. The van der Waals surface area contributed by atoms with Gasteiger partial charge >= 0.3 is 11.4 Å². The summed E-state index contributed by atoms with van der Waals surface area (Å²) in [6.45, 7) is 0. The molecule has 0 radical (unpaired) electrons. The van der Waals surface area contributed by atoms with E-state index in [2.05, 4.69) is 0 Å². The van der Waals surface area contributed by atoms with Crippen LogP contribution in [0.2, 0.25) is 0 Å². The fraction of sp³-hybridized carbons (Fsp3) is 0.875. The molecular formula is C16H17N3O2. The van der Waals surface area contributed by atoms with Crippen LogP contribution in [-0.2, 0) is 7.05 Å². The van der Waals surface area contributed by atoms with Crippen LogP contribution in [0.4, 0.5) is 0 Å². The molecule has 8 aliphatic rings. The molecule has 6 saturated carbocycles. The molecule has 0 N–H and O–H groups in total. The first-order valence-electron chi connectivity index (χ1n) is 8.54. The Labute approximate surface area is 120 Å². The number of hydrogen-bond acceptors (Lipinski definition) is 2. The zero-order valence-corrected chi connectivity index (χ0v) is 11.9. The Morgan fingerprint density at radius 3 is 1.95 bits per heavy atom. The maximum atomic E-state index is 12.6. The van der Waals surface area contributed by atoms with Crippen molar-refractivity contribution in [2.45, 2.75) is 31.3 Å². The minimum atomic E-state index is -0.0486. The van der Waals surface area contributed by atoms with E-state index >= 15 is 0 Å². The third-order valence-electron chi connectivity index (χ3n) is 9.25. The summed E-state index contributed by atoms with van der Waals surface area (Å²) in [7, 11) is 1.66. The van der Waals surface area contributed by atoms with Crippen molar-refractivity contribution in [1.29, 1.82) is 0 Å². The monoisotopic (exact) mass is 283 g/mol. The number of fused-ring (bicyclic) bond motifs is 1. The molecule has 9 rings (SSSR count). The largest absolute Gasteiger partial charge is 0.347 e. The van der Waals surface area contributed by atoms with Gasteiger partial charge in [0, 0.05) is 17.9 Å². The van der Waals surface area contributed by atoms with Crippen molar-refractivity contribution in [3.8, 4) is 0 Å². The first kappa shape index (κ1) is 9.70. The van der Waals surface area contributed by atoms with Crippen molar-refractivity contribution < 1.29 is 0 Å². The molecule has 5 heteroatoms. The van der Waals surface area contributed by atoms with Gasteiger partial charge in [-0.3, -0.25) is 0 Å². The molecule has 0 saturated heterocycles. The van der Waals surface area contributed by atoms with Crippen LogP contribution < -0.4 is 11.4 Å². The molecule has 3 heterocycles. The molecule has 0 aromatic carbocycles. The average Bonchev–Trinajstić information content (AvgIpc) is 3.37. The van der Waals surface area contributed by atoms with E-state index in [0.29, 0.717) is 22.9 Å². The summed E-state index contributed by atoms with van der Waals surface area (Å²) in [5.41, 5.74) is 0.786. The van der Waals surface area contributed by atoms with E-state index in [1.807, 2.05) is 9.36 Å². The summed E-state index contributed by atoms with van der Waals surface area (Å²) in [4.78, 5) is 25.3. The SMILES string of the molecule is Cn1c(=O)n2n(c1=O)[C@H]1[C@H]3C4C5[C@@]6(C[C@H]7C[C@H]7C[C@@]516)[C@@H]2[C@@H]43. The molecule has 1 aromatic heterocycles. The van der Waals surface area contributed by atoms with E-state index in [-0.39, 0.29) is 11.4 Å². The van der Waals surface area contributed by atoms with E-state index in [0.717, 1.165) is 35.5 Å². The molecule has 10 atom stereocenters. The lowest BCUT2D eigenvalue weighted by atomic mass is 9.65. The van der Waals surface area contributed by atoms with Gasteiger partial charge in [-0.15, -0.1) is 0 Å². The van der Waals surface area contributed by atoms with Crippen molar-refractivity contribution in [3.05, 3.63) is 21.0 Å². The molecular weight excluding hydrogens is 266 g/mol. The van der Waals surface area contributed by atoms with Crippen LogP contribution in [0.3, 0.4) is 0 Å². The predicted molar refractivity (Wildman–Crippen MR) is 71.7 cm³/mol. The van der Waals surface area contributed by atoms with Crippen LogP contribution in [0.15, 0.2) is 9.59 Å². The lowest BCUT2D eigenvalue weighted by Crippen LogP contribution is -2.53. The van der Waals surface area contributed by atoms with Crippen LogP contribution in [0.25, 0.3) is 0 Å². The highest BCUT2D eigenvalue weighted by atomic mass is 16.2. The Kier molecular flexibility index (Phi) is 0.979. The van der Waals surface area contributed by atoms with Gasteiger partial charge in [0.25, 0.3) is 0 Å². The molecule has 1 aromatic rings. The Bertz CT molecular complexity index is 853. The molecule has 5 nitrogen and oxygen atoms in total. The topological polar surface area (TPSA) is 48.9 Å². The summed E-state index contributed by atoms with van der Waals surface area (Å²) in [6, 6.07) is 0.760. The molecule has 108 valence electrons. The van der Waals surface area contributed by atoms with Crippen LogP contribution >= 0.6 is 0 Å². The fourth-order valence-electron chi connectivity index (χ4n) is 9.04. The van der Waals surface area contributed by atoms with Gasteiger partial charge in [0.1, 0.15) is 0 Å². The second kappa shape index (κ2) is 2.12. The number of hydrogen-bond donors (Lipinski definition) is 0. The molecule has 2 spiro atoms. The third kappa shape index (κ3) is 0.573. The fourth-order valence-corrected chi connectivity index (χ4v) is 9.04. The Balaban J connectivity index is 1.55. The van der Waals surface area contributed by atoms with Crippen LogP contribution in [0, 0.1) is 46.3 Å². The van der Waals surface area contributed by atoms with Gasteiger partial charge in [-0.1, -0.05) is 0 Å².